The summed E-state index contributed by atoms with van der Waals surface area (Å²) in [5, 5.41) is 0. The number of nitrogen functional groups attached to an aromatic ring is 1. The molecule has 4 heteroatoms. The highest BCUT2D eigenvalue weighted by atomic mass is 15.2. The summed E-state index contributed by atoms with van der Waals surface area (Å²) in [5.41, 5.74) is 5.62. The maximum atomic E-state index is 5.62. The molecule has 0 amide bonds. The molecule has 0 aliphatic rings. The van der Waals surface area contributed by atoms with Gasteiger partial charge in [-0.2, -0.15) is 0 Å². The van der Waals surface area contributed by atoms with Crippen LogP contribution >= 0.6 is 0 Å². The van der Waals surface area contributed by atoms with Gasteiger partial charge < -0.3 is 15.2 Å². The zero-order valence-corrected chi connectivity index (χ0v) is 7.86. The van der Waals surface area contributed by atoms with E-state index >= 15 is 0 Å². The molecular weight excluding hydrogens is 152 g/mol. The molecule has 1 aromatic rings. The van der Waals surface area contributed by atoms with Gasteiger partial charge in [0.15, 0.2) is 5.95 Å². The normalized spacial score (nSPS) is 13.7. The minimum Gasteiger partial charge on any atom is -0.369 e. The lowest BCUT2D eigenvalue weighted by atomic mass is 10.3. The first-order valence-corrected chi connectivity index (χ1v) is 4.04. The Bertz CT molecular complexity index is 241. The van der Waals surface area contributed by atoms with E-state index in [4.69, 9.17) is 5.73 Å². The van der Waals surface area contributed by atoms with Crippen molar-refractivity contribution >= 4 is 5.95 Å². The molecule has 0 aromatic carbocycles. The predicted molar refractivity (Wildman–Crippen MR) is 49.8 cm³/mol. The molecule has 12 heavy (non-hydrogen) atoms. The van der Waals surface area contributed by atoms with Crippen molar-refractivity contribution in [3.63, 3.8) is 0 Å². The molecule has 0 spiro atoms. The van der Waals surface area contributed by atoms with E-state index in [1.54, 1.807) is 6.20 Å². The molecule has 1 atom stereocenters. The van der Waals surface area contributed by atoms with Gasteiger partial charge in [-0.25, -0.2) is 4.98 Å². The molecule has 0 fully saturated rings. The van der Waals surface area contributed by atoms with Crippen molar-refractivity contribution in [3.8, 4) is 0 Å². The Balaban J connectivity index is 2.58. The number of aromatic nitrogens is 2. The lowest BCUT2D eigenvalue weighted by molar-refractivity contribution is 0.285. The van der Waals surface area contributed by atoms with Gasteiger partial charge in [0.1, 0.15) is 0 Å². The van der Waals surface area contributed by atoms with Crippen LogP contribution in [-0.2, 0) is 6.54 Å². The Morgan fingerprint density at radius 1 is 1.67 bits per heavy atom. The van der Waals surface area contributed by atoms with Crippen molar-refractivity contribution in [1.29, 1.82) is 0 Å². The van der Waals surface area contributed by atoms with Crippen LogP contribution in [0.15, 0.2) is 12.4 Å². The van der Waals surface area contributed by atoms with Crippen molar-refractivity contribution in [2.75, 3.05) is 19.8 Å². The fraction of sp³-hybridized carbons (Fsp3) is 0.625. The average Bonchev–Trinajstić information content (AvgIpc) is 2.36. The standard InChI is InChI=1S/C8H16N4/c1-7(11(2)3)6-12-5-4-10-8(12)9/h4-5,7H,6H2,1-3H3,(H2,9,10). The first-order chi connectivity index (χ1) is 5.61. The molecule has 2 N–H and O–H groups in total. The number of rotatable bonds is 3. The third-order valence-corrected chi connectivity index (χ3v) is 2.09. The SMILES string of the molecule is CC(Cn1ccnc1N)N(C)C. The highest BCUT2D eigenvalue weighted by Crippen LogP contribution is 2.02. The summed E-state index contributed by atoms with van der Waals surface area (Å²) in [4.78, 5) is 6.10. The molecule has 0 aliphatic heterocycles. The topological polar surface area (TPSA) is 47.1 Å². The van der Waals surface area contributed by atoms with Crippen molar-refractivity contribution in [3.05, 3.63) is 12.4 Å². The number of nitrogens with zero attached hydrogens (tertiary/aromatic N) is 3. The highest BCUT2D eigenvalue weighted by Gasteiger charge is 2.06. The monoisotopic (exact) mass is 168 g/mol. The third kappa shape index (κ3) is 1.98. The summed E-state index contributed by atoms with van der Waals surface area (Å²) in [5.74, 6) is 0.587. The molecule has 1 rings (SSSR count). The molecule has 0 aliphatic carbocycles. The first-order valence-electron chi connectivity index (χ1n) is 4.04. The molecule has 1 unspecified atom stereocenters. The Morgan fingerprint density at radius 2 is 2.33 bits per heavy atom. The van der Waals surface area contributed by atoms with E-state index in [1.807, 2.05) is 10.8 Å². The molecule has 0 radical (unpaired) electrons. The number of imidazole rings is 1. The van der Waals surface area contributed by atoms with Crippen LogP contribution in [0.5, 0.6) is 0 Å². The van der Waals surface area contributed by atoms with Gasteiger partial charge in [-0.15, -0.1) is 0 Å². The van der Waals surface area contributed by atoms with Crippen LogP contribution in [0.4, 0.5) is 5.95 Å². The Hall–Kier alpha value is -1.03. The van der Waals surface area contributed by atoms with Gasteiger partial charge in [0, 0.05) is 25.0 Å². The van der Waals surface area contributed by atoms with E-state index in [9.17, 15) is 0 Å². The van der Waals surface area contributed by atoms with Crippen LogP contribution in [0.25, 0.3) is 0 Å². The van der Waals surface area contributed by atoms with E-state index in [0.29, 0.717) is 12.0 Å². The zero-order valence-electron chi connectivity index (χ0n) is 7.86. The number of likely N-dealkylation sites (N-methyl/N-ethyl adjacent to an activating group) is 1. The van der Waals surface area contributed by atoms with Crippen LogP contribution in [0.3, 0.4) is 0 Å². The van der Waals surface area contributed by atoms with Crippen molar-refractivity contribution in [2.24, 2.45) is 0 Å². The van der Waals surface area contributed by atoms with Crippen LogP contribution < -0.4 is 5.73 Å². The summed E-state index contributed by atoms with van der Waals surface area (Å²) in [6.07, 6.45) is 3.62. The maximum absolute atomic E-state index is 5.62. The highest BCUT2D eigenvalue weighted by molar-refractivity contribution is 5.16. The molecule has 0 saturated heterocycles. The summed E-state index contributed by atoms with van der Waals surface area (Å²) >= 11 is 0. The van der Waals surface area contributed by atoms with Gasteiger partial charge in [-0.3, -0.25) is 0 Å². The largest absolute Gasteiger partial charge is 0.369 e. The van der Waals surface area contributed by atoms with Gasteiger partial charge in [-0.1, -0.05) is 0 Å². The number of hydrogen-bond donors (Lipinski definition) is 1. The lowest BCUT2D eigenvalue weighted by Gasteiger charge is -2.20. The van der Waals surface area contributed by atoms with E-state index in [0.717, 1.165) is 6.54 Å². The fourth-order valence-electron chi connectivity index (χ4n) is 0.943. The predicted octanol–water partition coefficient (Wildman–Crippen LogP) is 0.415. The van der Waals surface area contributed by atoms with Crippen molar-refractivity contribution in [2.45, 2.75) is 19.5 Å². The molecule has 4 nitrogen and oxygen atoms in total. The van der Waals surface area contributed by atoms with Crippen LogP contribution in [0, 0.1) is 0 Å². The van der Waals surface area contributed by atoms with E-state index < -0.39 is 0 Å². The van der Waals surface area contributed by atoms with Gasteiger partial charge in [0.25, 0.3) is 0 Å². The summed E-state index contributed by atoms with van der Waals surface area (Å²) < 4.78 is 1.95. The summed E-state index contributed by atoms with van der Waals surface area (Å²) in [6.45, 7) is 3.04. The molecule has 1 aromatic heterocycles. The van der Waals surface area contributed by atoms with E-state index in [1.165, 1.54) is 0 Å². The van der Waals surface area contributed by atoms with Gasteiger partial charge in [0.05, 0.1) is 0 Å². The number of nitrogens with two attached hydrogens (primary N) is 1. The minimum atomic E-state index is 0.474. The average molecular weight is 168 g/mol. The molecule has 1 heterocycles. The van der Waals surface area contributed by atoms with Crippen LogP contribution in [-0.4, -0.2) is 34.6 Å². The third-order valence-electron chi connectivity index (χ3n) is 2.09. The second-order valence-corrected chi connectivity index (χ2v) is 3.25. The number of anilines is 1. The van der Waals surface area contributed by atoms with Crippen molar-refractivity contribution in [1.82, 2.24) is 14.5 Å². The van der Waals surface area contributed by atoms with Gasteiger partial charge in [0.2, 0.25) is 0 Å². The quantitative estimate of drug-likeness (QED) is 0.711. The minimum absolute atomic E-state index is 0.474. The second-order valence-electron chi connectivity index (χ2n) is 3.25. The van der Waals surface area contributed by atoms with E-state index in [2.05, 4.69) is 30.9 Å². The zero-order chi connectivity index (χ0) is 9.14. The van der Waals surface area contributed by atoms with Gasteiger partial charge in [-0.05, 0) is 21.0 Å². The molecular formula is C8H16N4. The van der Waals surface area contributed by atoms with Crippen LogP contribution in [0.1, 0.15) is 6.92 Å². The summed E-state index contributed by atoms with van der Waals surface area (Å²) in [7, 11) is 4.11. The number of hydrogen-bond acceptors (Lipinski definition) is 3. The fourth-order valence-corrected chi connectivity index (χ4v) is 0.943. The molecule has 0 bridgehead atoms. The molecule has 68 valence electrons. The lowest BCUT2D eigenvalue weighted by Crippen LogP contribution is -2.29. The Morgan fingerprint density at radius 3 is 2.75 bits per heavy atom. The molecule has 0 saturated carbocycles. The van der Waals surface area contributed by atoms with Crippen LogP contribution in [0.2, 0.25) is 0 Å². The maximum Gasteiger partial charge on any atom is 0.200 e. The van der Waals surface area contributed by atoms with Gasteiger partial charge >= 0.3 is 0 Å². The summed E-state index contributed by atoms with van der Waals surface area (Å²) in [6, 6.07) is 0.474. The first kappa shape index (κ1) is 9.06. The Kier molecular flexibility index (Phi) is 2.70. The van der Waals surface area contributed by atoms with E-state index in [-0.39, 0.29) is 0 Å². The Labute approximate surface area is 73.0 Å². The smallest absolute Gasteiger partial charge is 0.200 e. The van der Waals surface area contributed by atoms with Crippen molar-refractivity contribution < 1.29 is 0 Å². The second kappa shape index (κ2) is 3.58.